The van der Waals surface area contributed by atoms with Gasteiger partial charge in [0.1, 0.15) is 11.5 Å². The molecule has 0 aromatic rings. The Labute approximate surface area is 93.6 Å². The van der Waals surface area contributed by atoms with Crippen LogP contribution in [-0.4, -0.2) is 19.4 Å². The van der Waals surface area contributed by atoms with Crippen molar-refractivity contribution >= 4 is 5.78 Å². The van der Waals surface area contributed by atoms with Crippen LogP contribution in [0.4, 0.5) is 0 Å². The molecule has 2 N–H and O–H groups in total. The van der Waals surface area contributed by atoms with E-state index in [1.165, 1.54) is 7.11 Å². The normalized spacial score (nSPS) is 15.5. The molecule has 1 rings (SSSR count). The van der Waals surface area contributed by atoms with Crippen molar-refractivity contribution in [2.45, 2.75) is 12.8 Å². The van der Waals surface area contributed by atoms with E-state index in [9.17, 15) is 9.70 Å². The number of carbonyl (C=O) groups excluding carboxylic acids is 1. The van der Waals surface area contributed by atoms with Gasteiger partial charge < -0.3 is 10.5 Å². The van der Waals surface area contributed by atoms with Crippen LogP contribution in [0, 0.1) is 4.91 Å². The second-order valence-electron chi connectivity index (χ2n) is 3.29. The molecule has 0 radical (unpaired) electrons. The molecule has 0 bridgehead atoms. The van der Waals surface area contributed by atoms with E-state index in [4.69, 9.17) is 10.5 Å². The van der Waals surface area contributed by atoms with Gasteiger partial charge in [0.2, 0.25) is 0 Å². The molecule has 1 aliphatic carbocycles. The molecule has 0 heterocycles. The summed E-state index contributed by atoms with van der Waals surface area (Å²) in [5.74, 6) is 0.357. The first-order valence-corrected chi connectivity index (χ1v) is 4.92. The first kappa shape index (κ1) is 12.3. The highest BCUT2D eigenvalue weighted by Crippen LogP contribution is 2.24. The fourth-order valence-corrected chi connectivity index (χ4v) is 1.44. The molecule has 0 amide bonds. The Morgan fingerprint density at radius 3 is 2.94 bits per heavy atom. The van der Waals surface area contributed by atoms with Gasteiger partial charge in [-0.15, -0.1) is 4.91 Å². The van der Waals surface area contributed by atoms with E-state index in [1.54, 1.807) is 18.2 Å². The van der Waals surface area contributed by atoms with E-state index in [-0.39, 0.29) is 24.4 Å². The van der Waals surface area contributed by atoms with Crippen LogP contribution in [0.3, 0.4) is 0 Å². The van der Waals surface area contributed by atoms with Crippen molar-refractivity contribution in [3.63, 3.8) is 0 Å². The van der Waals surface area contributed by atoms with Crippen molar-refractivity contribution in [1.82, 2.24) is 0 Å². The van der Waals surface area contributed by atoms with Gasteiger partial charge in [0.05, 0.1) is 13.7 Å². The summed E-state index contributed by atoms with van der Waals surface area (Å²) < 4.78 is 5.13. The number of ketones is 1. The highest BCUT2D eigenvalue weighted by Gasteiger charge is 2.16. The number of hydrogen-bond donors (Lipinski definition) is 1. The van der Waals surface area contributed by atoms with Crippen molar-refractivity contribution in [2.75, 3.05) is 13.7 Å². The summed E-state index contributed by atoms with van der Waals surface area (Å²) in [6.45, 7) is -0.0592. The number of Topliss-reactive ketones (excluding diaryl/α,β-unsaturated/α-hetero) is 1. The van der Waals surface area contributed by atoms with Gasteiger partial charge in [-0.3, -0.25) is 4.79 Å². The van der Waals surface area contributed by atoms with Gasteiger partial charge in [-0.25, -0.2) is 0 Å². The molecule has 16 heavy (non-hydrogen) atoms. The maximum atomic E-state index is 11.3. The molecule has 0 spiro atoms. The number of hydrogen-bond acceptors (Lipinski definition) is 5. The lowest BCUT2D eigenvalue weighted by Crippen LogP contribution is -2.15. The summed E-state index contributed by atoms with van der Waals surface area (Å²) in [6, 6.07) is 0. The number of nitroso groups, excluding NO2 is 1. The monoisotopic (exact) mass is 222 g/mol. The molecule has 0 fully saturated rings. The van der Waals surface area contributed by atoms with Crippen LogP contribution in [0.25, 0.3) is 0 Å². The van der Waals surface area contributed by atoms with E-state index in [2.05, 4.69) is 5.18 Å². The van der Waals surface area contributed by atoms with Crippen molar-refractivity contribution in [1.29, 1.82) is 0 Å². The van der Waals surface area contributed by atoms with Crippen LogP contribution in [0.2, 0.25) is 0 Å². The van der Waals surface area contributed by atoms with Crippen LogP contribution >= 0.6 is 0 Å². The molecule has 0 aromatic heterocycles. The zero-order valence-corrected chi connectivity index (χ0v) is 9.10. The number of nitrogens with two attached hydrogens (primary N) is 1. The third-order valence-corrected chi connectivity index (χ3v) is 2.24. The minimum atomic E-state index is -0.158. The molecule has 0 saturated heterocycles. The number of carbonyl (C=O) groups is 1. The predicted octanol–water partition coefficient (Wildman–Crippen LogP) is 1.42. The lowest BCUT2D eigenvalue weighted by Gasteiger charge is -2.09. The molecular weight excluding hydrogens is 208 g/mol. The lowest BCUT2D eigenvalue weighted by molar-refractivity contribution is -0.117. The van der Waals surface area contributed by atoms with Crippen molar-refractivity contribution in [3.8, 4) is 0 Å². The number of nitrogens with zero attached hydrogens (tertiary/aromatic N) is 1. The largest absolute Gasteiger partial charge is 0.497 e. The van der Waals surface area contributed by atoms with Gasteiger partial charge in [0.25, 0.3) is 0 Å². The molecule has 0 atom stereocenters. The molecular formula is C11H14N2O3. The number of allylic oxidation sites excluding steroid dienone is 4. The quantitative estimate of drug-likeness (QED) is 0.713. The maximum absolute atomic E-state index is 11.3. The Kier molecular flexibility index (Phi) is 4.60. The zero-order valence-electron chi connectivity index (χ0n) is 9.10. The molecule has 0 aliphatic heterocycles. The van der Waals surface area contributed by atoms with Crippen LogP contribution in [0.5, 0.6) is 0 Å². The standard InChI is InChI=1S/C11H14N2O3/c1-16-11-5-3-2-4-10(13-15)9(11)6-8(14)7-12/h2,4-5H,3,6-7,12H2,1H3. The highest BCUT2D eigenvalue weighted by molar-refractivity contribution is 5.83. The topological polar surface area (TPSA) is 81.8 Å². The SMILES string of the molecule is COC1=CCC=CC(N=O)=C1CC(=O)CN. The molecule has 1 aliphatic rings. The molecule has 86 valence electrons. The Bertz CT molecular complexity index is 381. The van der Waals surface area contributed by atoms with Gasteiger partial charge in [0, 0.05) is 12.0 Å². The van der Waals surface area contributed by atoms with Gasteiger partial charge >= 0.3 is 0 Å². The first-order chi connectivity index (χ1) is 7.72. The van der Waals surface area contributed by atoms with Crippen molar-refractivity contribution < 1.29 is 9.53 Å². The second kappa shape index (κ2) is 5.97. The van der Waals surface area contributed by atoms with Gasteiger partial charge in [-0.05, 0) is 23.7 Å². The number of ether oxygens (including phenoxy) is 1. The average molecular weight is 222 g/mol. The van der Waals surface area contributed by atoms with Crippen LogP contribution in [0.15, 0.2) is 40.4 Å². The van der Waals surface area contributed by atoms with E-state index >= 15 is 0 Å². The fourth-order valence-electron chi connectivity index (χ4n) is 1.44. The third-order valence-electron chi connectivity index (χ3n) is 2.24. The Morgan fingerprint density at radius 1 is 1.62 bits per heavy atom. The summed E-state index contributed by atoms with van der Waals surface area (Å²) in [7, 11) is 1.49. The van der Waals surface area contributed by atoms with Crippen molar-refractivity contribution in [2.24, 2.45) is 10.9 Å². The smallest absolute Gasteiger partial charge is 0.150 e. The zero-order chi connectivity index (χ0) is 12.0. The van der Waals surface area contributed by atoms with Crippen LogP contribution < -0.4 is 5.73 Å². The minimum Gasteiger partial charge on any atom is -0.497 e. The summed E-state index contributed by atoms with van der Waals surface area (Å²) in [5.41, 5.74) is 5.97. The maximum Gasteiger partial charge on any atom is 0.150 e. The lowest BCUT2D eigenvalue weighted by atomic mass is 10.1. The first-order valence-electron chi connectivity index (χ1n) is 4.92. The molecule has 0 aromatic carbocycles. The Morgan fingerprint density at radius 2 is 2.38 bits per heavy atom. The highest BCUT2D eigenvalue weighted by atomic mass is 16.5. The molecule has 5 nitrogen and oxygen atoms in total. The van der Waals surface area contributed by atoms with E-state index in [1.807, 2.05) is 0 Å². The minimum absolute atomic E-state index is 0.0592. The summed E-state index contributed by atoms with van der Waals surface area (Å²) in [6.07, 6.45) is 5.89. The Hall–Kier alpha value is -1.75. The Balaban J connectivity index is 3.09. The van der Waals surface area contributed by atoms with E-state index < -0.39 is 0 Å². The van der Waals surface area contributed by atoms with Gasteiger partial charge in [-0.1, -0.05) is 6.08 Å². The number of methoxy groups -OCH3 is 1. The summed E-state index contributed by atoms with van der Waals surface area (Å²) >= 11 is 0. The molecule has 0 unspecified atom stereocenters. The molecule has 0 saturated carbocycles. The molecule has 5 heteroatoms. The van der Waals surface area contributed by atoms with Crippen molar-refractivity contribution in [3.05, 3.63) is 40.2 Å². The van der Waals surface area contributed by atoms with Gasteiger partial charge in [-0.2, -0.15) is 0 Å². The van der Waals surface area contributed by atoms with Crippen LogP contribution in [0.1, 0.15) is 12.8 Å². The van der Waals surface area contributed by atoms with Crippen LogP contribution in [-0.2, 0) is 9.53 Å². The third kappa shape index (κ3) is 2.87. The summed E-state index contributed by atoms with van der Waals surface area (Å²) in [5, 5.41) is 2.90. The fraction of sp³-hybridized carbons (Fsp3) is 0.364. The second-order valence-corrected chi connectivity index (χ2v) is 3.29. The van der Waals surface area contributed by atoms with E-state index in [0.717, 1.165) is 0 Å². The number of rotatable bonds is 5. The van der Waals surface area contributed by atoms with E-state index in [0.29, 0.717) is 17.8 Å². The predicted molar refractivity (Wildman–Crippen MR) is 60.3 cm³/mol. The summed E-state index contributed by atoms with van der Waals surface area (Å²) in [4.78, 5) is 22.0. The average Bonchev–Trinajstić information content (AvgIpc) is 2.50. The van der Waals surface area contributed by atoms with Gasteiger partial charge in [0.15, 0.2) is 5.78 Å².